The lowest BCUT2D eigenvalue weighted by molar-refractivity contribution is -0.151. The van der Waals surface area contributed by atoms with Gasteiger partial charge in [0.15, 0.2) is 0 Å². The molecule has 0 unspecified atom stereocenters. The second-order valence-corrected chi connectivity index (χ2v) is 5.56. The highest BCUT2D eigenvalue weighted by Gasteiger charge is 2.28. The Balaban J connectivity index is 1.83. The van der Waals surface area contributed by atoms with E-state index in [0.717, 1.165) is 18.4 Å². The van der Waals surface area contributed by atoms with Crippen LogP contribution < -0.4 is 0 Å². The molecule has 0 radical (unpaired) electrons. The number of esters is 1. The van der Waals surface area contributed by atoms with Gasteiger partial charge < -0.3 is 9.64 Å². The number of nitrogens with zero attached hydrogens (tertiary/aromatic N) is 1. The third kappa shape index (κ3) is 4.55. The lowest BCUT2D eigenvalue weighted by Gasteiger charge is -2.31. The Morgan fingerprint density at radius 1 is 1.32 bits per heavy atom. The maximum atomic E-state index is 12.8. The summed E-state index contributed by atoms with van der Waals surface area (Å²) < 4.78 is 17.9. The van der Waals surface area contributed by atoms with Crippen LogP contribution in [0.25, 0.3) is 0 Å². The normalized spacial score (nSPS) is 18.1. The predicted octanol–water partition coefficient (Wildman–Crippen LogP) is 2.56. The molecule has 0 saturated carbocycles. The van der Waals surface area contributed by atoms with Crippen molar-refractivity contribution in [1.29, 1.82) is 0 Å². The maximum absolute atomic E-state index is 12.8. The Labute approximate surface area is 130 Å². The molecule has 1 amide bonds. The van der Waals surface area contributed by atoms with Crippen LogP contribution in [0.4, 0.5) is 4.39 Å². The zero-order valence-electron chi connectivity index (χ0n) is 12.9. The quantitative estimate of drug-likeness (QED) is 0.785. The van der Waals surface area contributed by atoms with Crippen LogP contribution in [0.3, 0.4) is 0 Å². The first-order valence-corrected chi connectivity index (χ1v) is 7.79. The van der Waals surface area contributed by atoms with Gasteiger partial charge >= 0.3 is 5.97 Å². The van der Waals surface area contributed by atoms with Crippen LogP contribution >= 0.6 is 0 Å². The first kappa shape index (κ1) is 16.5. The second kappa shape index (κ2) is 7.92. The molecule has 5 heteroatoms. The highest BCUT2D eigenvalue weighted by atomic mass is 19.1. The van der Waals surface area contributed by atoms with Crippen molar-refractivity contribution in [2.45, 2.75) is 32.6 Å². The first-order valence-electron chi connectivity index (χ1n) is 7.79. The van der Waals surface area contributed by atoms with Crippen LogP contribution in [0.1, 0.15) is 31.7 Å². The van der Waals surface area contributed by atoms with Crippen molar-refractivity contribution < 1.29 is 18.7 Å². The predicted molar refractivity (Wildman–Crippen MR) is 80.7 cm³/mol. The van der Waals surface area contributed by atoms with Crippen molar-refractivity contribution in [1.82, 2.24) is 4.90 Å². The van der Waals surface area contributed by atoms with Crippen molar-refractivity contribution in [2.24, 2.45) is 5.92 Å². The SMILES string of the molecule is CCOC(=O)[C@H]1CCCN(C(=O)CCc2ccc(F)cc2)C1. The molecule has 2 rings (SSSR count). The summed E-state index contributed by atoms with van der Waals surface area (Å²) in [6.45, 7) is 3.29. The molecular formula is C17H22FNO3. The van der Waals surface area contributed by atoms with Gasteiger partial charge in [0, 0.05) is 19.5 Å². The number of benzene rings is 1. The molecule has 1 saturated heterocycles. The Kier molecular flexibility index (Phi) is 5.92. The molecule has 120 valence electrons. The lowest BCUT2D eigenvalue weighted by Crippen LogP contribution is -2.42. The first-order chi connectivity index (χ1) is 10.6. The number of amides is 1. The van der Waals surface area contributed by atoms with Crippen LogP contribution in [0.15, 0.2) is 24.3 Å². The largest absolute Gasteiger partial charge is 0.466 e. The average Bonchev–Trinajstić information content (AvgIpc) is 2.54. The van der Waals surface area contributed by atoms with Gasteiger partial charge in [-0.1, -0.05) is 12.1 Å². The fraction of sp³-hybridized carbons (Fsp3) is 0.529. The van der Waals surface area contributed by atoms with E-state index in [1.165, 1.54) is 12.1 Å². The van der Waals surface area contributed by atoms with Crippen molar-refractivity contribution in [2.75, 3.05) is 19.7 Å². The third-order valence-corrected chi connectivity index (χ3v) is 3.93. The summed E-state index contributed by atoms with van der Waals surface area (Å²) in [5, 5.41) is 0. The summed E-state index contributed by atoms with van der Waals surface area (Å²) in [5.74, 6) is -0.649. The van der Waals surface area contributed by atoms with Crippen LogP contribution in [0.2, 0.25) is 0 Å². The average molecular weight is 307 g/mol. The summed E-state index contributed by atoms with van der Waals surface area (Å²) in [6, 6.07) is 6.19. The number of carbonyl (C=O) groups is 2. The van der Waals surface area contributed by atoms with Gasteiger partial charge in [-0.05, 0) is 43.9 Å². The maximum Gasteiger partial charge on any atom is 0.310 e. The van der Waals surface area contributed by atoms with E-state index in [9.17, 15) is 14.0 Å². The molecule has 0 aromatic heterocycles. The molecule has 1 atom stereocenters. The van der Waals surface area contributed by atoms with Gasteiger partial charge in [-0.25, -0.2) is 4.39 Å². The zero-order valence-corrected chi connectivity index (χ0v) is 12.9. The van der Waals surface area contributed by atoms with Gasteiger partial charge in [-0.3, -0.25) is 9.59 Å². The fourth-order valence-electron chi connectivity index (χ4n) is 2.72. The minimum absolute atomic E-state index is 0.0401. The van der Waals surface area contributed by atoms with E-state index in [-0.39, 0.29) is 23.6 Å². The third-order valence-electron chi connectivity index (χ3n) is 3.93. The number of rotatable bonds is 5. The van der Waals surface area contributed by atoms with Gasteiger partial charge in [-0.15, -0.1) is 0 Å². The van der Waals surface area contributed by atoms with Crippen molar-refractivity contribution in [3.63, 3.8) is 0 Å². The van der Waals surface area contributed by atoms with E-state index in [2.05, 4.69) is 0 Å². The van der Waals surface area contributed by atoms with Gasteiger partial charge in [-0.2, -0.15) is 0 Å². The lowest BCUT2D eigenvalue weighted by atomic mass is 9.97. The smallest absolute Gasteiger partial charge is 0.310 e. The number of carbonyl (C=O) groups excluding carboxylic acids is 2. The fourth-order valence-corrected chi connectivity index (χ4v) is 2.72. The van der Waals surface area contributed by atoms with E-state index in [0.29, 0.717) is 32.5 Å². The zero-order chi connectivity index (χ0) is 15.9. The Morgan fingerprint density at radius 2 is 2.05 bits per heavy atom. The summed E-state index contributed by atoms with van der Waals surface area (Å²) in [4.78, 5) is 25.8. The van der Waals surface area contributed by atoms with Gasteiger partial charge in [0.25, 0.3) is 0 Å². The Morgan fingerprint density at radius 3 is 2.73 bits per heavy atom. The minimum atomic E-state index is -0.275. The standard InChI is InChI=1S/C17H22FNO3/c1-2-22-17(21)14-4-3-11-19(12-14)16(20)10-7-13-5-8-15(18)9-6-13/h5-6,8-9,14H,2-4,7,10-12H2,1H3/t14-/m0/s1. The van der Waals surface area contributed by atoms with E-state index >= 15 is 0 Å². The van der Waals surface area contributed by atoms with E-state index in [1.54, 1.807) is 24.0 Å². The summed E-state index contributed by atoms with van der Waals surface area (Å²) in [6.07, 6.45) is 2.56. The number of aryl methyl sites for hydroxylation is 1. The monoisotopic (exact) mass is 307 g/mol. The molecule has 1 aromatic carbocycles. The number of halogens is 1. The van der Waals surface area contributed by atoms with Crippen LogP contribution in [-0.4, -0.2) is 36.5 Å². The molecule has 1 fully saturated rings. The Bertz CT molecular complexity index is 515. The van der Waals surface area contributed by atoms with Gasteiger partial charge in [0.1, 0.15) is 5.82 Å². The van der Waals surface area contributed by atoms with Crippen molar-refractivity contribution >= 4 is 11.9 Å². The molecule has 0 bridgehead atoms. The number of ether oxygens (including phenoxy) is 1. The molecular weight excluding hydrogens is 285 g/mol. The number of likely N-dealkylation sites (tertiary alicyclic amines) is 1. The molecule has 1 heterocycles. The highest BCUT2D eigenvalue weighted by Crippen LogP contribution is 2.19. The molecule has 4 nitrogen and oxygen atoms in total. The molecule has 1 aliphatic heterocycles. The molecule has 1 aromatic rings. The van der Waals surface area contributed by atoms with Gasteiger partial charge in [0.2, 0.25) is 5.91 Å². The number of hydrogen-bond donors (Lipinski definition) is 0. The highest BCUT2D eigenvalue weighted by molar-refractivity contribution is 5.78. The number of hydrogen-bond acceptors (Lipinski definition) is 3. The molecule has 0 spiro atoms. The van der Waals surface area contributed by atoms with Crippen molar-refractivity contribution in [3.8, 4) is 0 Å². The Hall–Kier alpha value is -1.91. The van der Waals surface area contributed by atoms with Crippen molar-refractivity contribution in [3.05, 3.63) is 35.6 Å². The van der Waals surface area contributed by atoms with E-state index in [4.69, 9.17) is 4.74 Å². The van der Waals surface area contributed by atoms with Crippen LogP contribution in [0.5, 0.6) is 0 Å². The second-order valence-electron chi connectivity index (χ2n) is 5.56. The summed E-state index contributed by atoms with van der Waals surface area (Å²) in [7, 11) is 0. The molecule has 1 aliphatic rings. The topological polar surface area (TPSA) is 46.6 Å². The summed E-state index contributed by atoms with van der Waals surface area (Å²) >= 11 is 0. The summed E-state index contributed by atoms with van der Waals surface area (Å²) in [5.41, 5.74) is 0.939. The molecule has 0 N–H and O–H groups in total. The van der Waals surface area contributed by atoms with Gasteiger partial charge in [0.05, 0.1) is 12.5 Å². The minimum Gasteiger partial charge on any atom is -0.466 e. The van der Waals surface area contributed by atoms with E-state index in [1.807, 2.05) is 0 Å². The molecule has 0 aliphatic carbocycles. The molecule has 22 heavy (non-hydrogen) atoms. The van der Waals surface area contributed by atoms with Crippen LogP contribution in [0, 0.1) is 11.7 Å². The van der Waals surface area contributed by atoms with E-state index < -0.39 is 0 Å². The number of piperidine rings is 1. The van der Waals surface area contributed by atoms with Crippen LogP contribution in [-0.2, 0) is 20.7 Å².